The predicted molar refractivity (Wildman–Crippen MR) is 69.2 cm³/mol. The maximum Gasteiger partial charge on any atom is 0.0589 e. The van der Waals surface area contributed by atoms with Crippen molar-refractivity contribution in [3.05, 3.63) is 29.0 Å². The highest BCUT2D eigenvalue weighted by atomic mass is 35.5. The number of ether oxygens (including phenoxy) is 1. The molecule has 1 N–H and O–H groups in total. The summed E-state index contributed by atoms with van der Waals surface area (Å²) in [4.78, 5) is 4.39. The van der Waals surface area contributed by atoms with Gasteiger partial charge < -0.3 is 10.1 Å². The van der Waals surface area contributed by atoms with Gasteiger partial charge in [0.05, 0.1) is 10.7 Å². The fourth-order valence-corrected chi connectivity index (χ4v) is 2.41. The first-order chi connectivity index (χ1) is 8.29. The van der Waals surface area contributed by atoms with Gasteiger partial charge in [-0.1, -0.05) is 11.6 Å². The van der Waals surface area contributed by atoms with Crippen molar-refractivity contribution in [3.8, 4) is 0 Å². The van der Waals surface area contributed by atoms with Gasteiger partial charge in [0, 0.05) is 25.5 Å². The lowest BCUT2D eigenvalue weighted by Gasteiger charge is -2.26. The van der Waals surface area contributed by atoms with E-state index in [0.29, 0.717) is 11.1 Å². The Morgan fingerprint density at radius 2 is 2.24 bits per heavy atom. The van der Waals surface area contributed by atoms with Gasteiger partial charge in [-0.05, 0) is 44.4 Å². The monoisotopic (exact) mass is 254 g/mol. The molecule has 2 rings (SSSR count). The molecule has 0 bridgehead atoms. The molecule has 0 spiro atoms. The summed E-state index contributed by atoms with van der Waals surface area (Å²) in [5.41, 5.74) is 1.07. The normalized spacial score (nSPS) is 19.2. The molecule has 1 aromatic rings. The third-order valence-electron chi connectivity index (χ3n) is 3.37. The van der Waals surface area contributed by atoms with E-state index in [1.165, 1.54) is 0 Å². The third kappa shape index (κ3) is 3.66. The van der Waals surface area contributed by atoms with Crippen LogP contribution in [0.2, 0.25) is 5.02 Å². The zero-order valence-electron chi connectivity index (χ0n) is 10.2. The highest BCUT2D eigenvalue weighted by molar-refractivity contribution is 6.30. The lowest BCUT2D eigenvalue weighted by molar-refractivity contribution is 0.0606. The molecular formula is C13H19ClN2O. The van der Waals surface area contributed by atoms with Crippen LogP contribution in [-0.2, 0) is 4.74 Å². The number of nitrogens with zero attached hydrogens (tertiary/aromatic N) is 1. The molecule has 1 unspecified atom stereocenters. The summed E-state index contributed by atoms with van der Waals surface area (Å²) in [7, 11) is 1.99. The standard InChI is InChI=1S/C13H19ClN2O/c1-15-13(8-10-4-6-17-7-5-10)12-3-2-11(14)9-16-12/h2-3,9-10,13,15H,4-8H2,1H3. The Balaban J connectivity index is 1.97. The van der Waals surface area contributed by atoms with Crippen LogP contribution in [-0.4, -0.2) is 25.2 Å². The Morgan fingerprint density at radius 3 is 2.82 bits per heavy atom. The quantitative estimate of drug-likeness (QED) is 0.897. The van der Waals surface area contributed by atoms with Crippen molar-refractivity contribution in [3.63, 3.8) is 0 Å². The molecular weight excluding hydrogens is 236 g/mol. The van der Waals surface area contributed by atoms with Crippen molar-refractivity contribution in [1.82, 2.24) is 10.3 Å². The topological polar surface area (TPSA) is 34.1 Å². The van der Waals surface area contributed by atoms with Crippen molar-refractivity contribution in [1.29, 1.82) is 0 Å². The smallest absolute Gasteiger partial charge is 0.0589 e. The van der Waals surface area contributed by atoms with E-state index < -0.39 is 0 Å². The van der Waals surface area contributed by atoms with E-state index in [-0.39, 0.29) is 0 Å². The molecule has 1 aliphatic heterocycles. The zero-order valence-corrected chi connectivity index (χ0v) is 10.9. The molecule has 3 nitrogen and oxygen atoms in total. The van der Waals surface area contributed by atoms with Crippen LogP contribution < -0.4 is 5.32 Å². The Morgan fingerprint density at radius 1 is 1.47 bits per heavy atom. The number of nitrogens with one attached hydrogen (secondary N) is 1. The SMILES string of the molecule is CNC(CC1CCOCC1)c1ccc(Cl)cn1. The molecule has 94 valence electrons. The van der Waals surface area contributed by atoms with Crippen molar-refractivity contribution in [2.45, 2.75) is 25.3 Å². The van der Waals surface area contributed by atoms with Gasteiger partial charge in [0.1, 0.15) is 0 Å². The van der Waals surface area contributed by atoms with Gasteiger partial charge in [-0.15, -0.1) is 0 Å². The first-order valence-corrected chi connectivity index (χ1v) is 6.54. The minimum absolute atomic E-state index is 0.315. The fraction of sp³-hybridized carbons (Fsp3) is 0.615. The maximum absolute atomic E-state index is 5.85. The molecule has 0 amide bonds. The maximum atomic E-state index is 5.85. The highest BCUT2D eigenvalue weighted by Crippen LogP contribution is 2.26. The number of halogens is 1. The summed E-state index contributed by atoms with van der Waals surface area (Å²) in [6, 6.07) is 4.22. The average molecular weight is 255 g/mol. The molecule has 0 aromatic carbocycles. The third-order valence-corrected chi connectivity index (χ3v) is 3.59. The number of hydrogen-bond donors (Lipinski definition) is 1. The summed E-state index contributed by atoms with van der Waals surface area (Å²) in [6.07, 6.45) is 5.15. The minimum Gasteiger partial charge on any atom is -0.381 e. The Bertz CT molecular complexity index is 336. The average Bonchev–Trinajstić information content (AvgIpc) is 2.38. The van der Waals surface area contributed by atoms with E-state index in [1.807, 2.05) is 19.2 Å². The number of rotatable bonds is 4. The largest absolute Gasteiger partial charge is 0.381 e. The summed E-state index contributed by atoms with van der Waals surface area (Å²) >= 11 is 5.85. The van der Waals surface area contributed by atoms with E-state index in [4.69, 9.17) is 16.3 Å². The van der Waals surface area contributed by atoms with E-state index in [9.17, 15) is 0 Å². The van der Waals surface area contributed by atoms with Crippen molar-refractivity contribution < 1.29 is 4.74 Å². The van der Waals surface area contributed by atoms with Gasteiger partial charge >= 0.3 is 0 Å². The molecule has 1 atom stereocenters. The summed E-state index contributed by atoms with van der Waals surface area (Å²) in [6.45, 7) is 1.80. The van der Waals surface area contributed by atoms with Crippen LogP contribution in [0.3, 0.4) is 0 Å². The van der Waals surface area contributed by atoms with Crippen LogP contribution in [0.5, 0.6) is 0 Å². The first kappa shape index (κ1) is 12.8. The van der Waals surface area contributed by atoms with Crippen molar-refractivity contribution in [2.24, 2.45) is 5.92 Å². The molecule has 4 heteroatoms. The van der Waals surface area contributed by atoms with Crippen LogP contribution in [0.25, 0.3) is 0 Å². The molecule has 1 aromatic heterocycles. The second kappa shape index (κ2) is 6.34. The van der Waals surface area contributed by atoms with Gasteiger partial charge in [-0.3, -0.25) is 4.98 Å². The number of aromatic nitrogens is 1. The van der Waals surface area contributed by atoms with Crippen LogP contribution in [0.15, 0.2) is 18.3 Å². The fourth-order valence-electron chi connectivity index (χ4n) is 2.30. The summed E-state index contributed by atoms with van der Waals surface area (Å²) in [5.74, 6) is 0.735. The van der Waals surface area contributed by atoms with Gasteiger partial charge in [-0.25, -0.2) is 0 Å². The molecule has 1 saturated heterocycles. The lowest BCUT2D eigenvalue weighted by atomic mass is 9.91. The number of pyridine rings is 1. The molecule has 1 fully saturated rings. The Labute approximate surface area is 108 Å². The lowest BCUT2D eigenvalue weighted by Crippen LogP contribution is -2.24. The van der Waals surface area contributed by atoms with Crippen LogP contribution in [0.4, 0.5) is 0 Å². The molecule has 2 heterocycles. The van der Waals surface area contributed by atoms with Crippen LogP contribution >= 0.6 is 11.6 Å². The Kier molecular flexibility index (Phi) is 4.77. The minimum atomic E-state index is 0.315. The molecule has 0 radical (unpaired) electrons. The molecule has 1 aliphatic rings. The van der Waals surface area contributed by atoms with Crippen molar-refractivity contribution in [2.75, 3.05) is 20.3 Å². The van der Waals surface area contributed by atoms with E-state index >= 15 is 0 Å². The highest BCUT2D eigenvalue weighted by Gasteiger charge is 2.20. The molecule has 17 heavy (non-hydrogen) atoms. The van der Waals surface area contributed by atoms with E-state index in [0.717, 1.165) is 44.1 Å². The Hall–Kier alpha value is -0.640. The second-order valence-electron chi connectivity index (χ2n) is 4.53. The van der Waals surface area contributed by atoms with Crippen LogP contribution in [0.1, 0.15) is 31.0 Å². The first-order valence-electron chi connectivity index (χ1n) is 6.16. The van der Waals surface area contributed by atoms with Gasteiger partial charge in [0.2, 0.25) is 0 Å². The van der Waals surface area contributed by atoms with E-state index in [2.05, 4.69) is 10.3 Å². The van der Waals surface area contributed by atoms with Gasteiger partial charge in [0.15, 0.2) is 0 Å². The van der Waals surface area contributed by atoms with Crippen LogP contribution in [0, 0.1) is 5.92 Å². The van der Waals surface area contributed by atoms with Gasteiger partial charge in [-0.2, -0.15) is 0 Å². The number of hydrogen-bond acceptors (Lipinski definition) is 3. The molecule has 0 aliphatic carbocycles. The molecule has 0 saturated carbocycles. The second-order valence-corrected chi connectivity index (χ2v) is 4.97. The van der Waals surface area contributed by atoms with Gasteiger partial charge in [0.25, 0.3) is 0 Å². The predicted octanol–water partition coefficient (Wildman–Crippen LogP) is 2.81. The summed E-state index contributed by atoms with van der Waals surface area (Å²) in [5, 5.41) is 4.03. The van der Waals surface area contributed by atoms with Crippen molar-refractivity contribution >= 4 is 11.6 Å². The van der Waals surface area contributed by atoms with E-state index in [1.54, 1.807) is 6.20 Å². The zero-order chi connectivity index (χ0) is 12.1. The summed E-state index contributed by atoms with van der Waals surface area (Å²) < 4.78 is 5.38.